The Morgan fingerprint density at radius 1 is 1.36 bits per heavy atom. The largest absolute Gasteiger partial charge is 1.00 e. The van der Waals surface area contributed by atoms with Crippen LogP contribution in [0.25, 0.3) is 6.20 Å². The molecule has 0 aromatic carbocycles. The molecule has 0 spiro atoms. The fourth-order valence-electron chi connectivity index (χ4n) is 0.879. The number of aromatic nitrogens is 1. The second kappa shape index (κ2) is 6.42. The van der Waals surface area contributed by atoms with Crippen LogP contribution in [0.4, 0.5) is 11.6 Å². The quantitative estimate of drug-likeness (QED) is 0.491. The minimum Gasteiger partial charge on any atom is -1.00 e. The van der Waals surface area contributed by atoms with Crippen molar-refractivity contribution in [2.75, 3.05) is 16.8 Å². The van der Waals surface area contributed by atoms with E-state index in [1.807, 2.05) is 12.3 Å². The summed E-state index contributed by atoms with van der Waals surface area (Å²) in [7, 11) is 0. The van der Waals surface area contributed by atoms with Crippen LogP contribution in [0.3, 0.4) is 0 Å². The van der Waals surface area contributed by atoms with Crippen molar-refractivity contribution >= 4 is 49.7 Å². The van der Waals surface area contributed by atoms with Gasteiger partial charge in [-0.2, -0.15) is 0 Å². The van der Waals surface area contributed by atoms with Crippen LogP contribution < -0.4 is 33.0 Å². The lowest BCUT2D eigenvalue weighted by Gasteiger charge is -2.01. The van der Waals surface area contributed by atoms with Crippen LogP contribution in [0.15, 0.2) is 22.7 Å². The fourth-order valence-corrected chi connectivity index (χ4v) is 1.23. The first-order valence-corrected chi connectivity index (χ1v) is 5.54. The van der Waals surface area contributed by atoms with Crippen LogP contribution in [-0.4, -0.2) is 5.33 Å². The smallest absolute Gasteiger partial charge is 0.223 e. The third-order valence-electron chi connectivity index (χ3n) is 1.49. The van der Waals surface area contributed by atoms with Crippen LogP contribution in [-0.2, 0) is 0 Å². The lowest BCUT2D eigenvalue weighted by Crippen LogP contribution is -3.00. The Morgan fingerprint density at radius 2 is 1.86 bits per heavy atom. The van der Waals surface area contributed by atoms with Gasteiger partial charge in [0.2, 0.25) is 11.6 Å². The molecule has 1 rings (SSSR count). The van der Waals surface area contributed by atoms with E-state index in [-0.39, 0.29) is 17.0 Å². The Hall–Kier alpha value is -0.0700. The molecule has 0 aliphatic rings. The molecule has 4 N–H and O–H groups in total. The van der Waals surface area contributed by atoms with E-state index in [0.717, 1.165) is 9.81 Å². The lowest BCUT2D eigenvalue weighted by molar-refractivity contribution is -0.536. The molecule has 1 heterocycles. The minimum absolute atomic E-state index is 0. The van der Waals surface area contributed by atoms with Gasteiger partial charge in [-0.3, -0.25) is 0 Å². The average molecular weight is 388 g/mol. The number of hydrogen-bond acceptors (Lipinski definition) is 2. The molecule has 14 heavy (non-hydrogen) atoms. The molecule has 1 aromatic heterocycles. The number of hydrogen-bond donors (Lipinski definition) is 2. The molecular formula is C8H10Br3N3. The number of alkyl halides is 1. The van der Waals surface area contributed by atoms with Crippen LogP contribution in [0.5, 0.6) is 0 Å². The molecule has 0 atom stereocenters. The van der Waals surface area contributed by atoms with Gasteiger partial charge in [-0.25, -0.2) is 4.57 Å². The van der Waals surface area contributed by atoms with Crippen LogP contribution in [0, 0.1) is 0 Å². The number of allylic oxidation sites excluding steroid dienone is 1. The molecule has 3 nitrogen and oxygen atoms in total. The number of anilines is 2. The van der Waals surface area contributed by atoms with Crippen LogP contribution in [0.1, 0.15) is 0 Å². The van der Waals surface area contributed by atoms with E-state index in [0.29, 0.717) is 11.6 Å². The Bertz CT molecular complexity index is 318. The maximum atomic E-state index is 5.73. The maximum absolute atomic E-state index is 5.73. The van der Waals surface area contributed by atoms with Gasteiger partial charge in [-0.05, 0) is 6.07 Å². The van der Waals surface area contributed by atoms with Crippen molar-refractivity contribution in [3.8, 4) is 0 Å². The Morgan fingerprint density at radius 3 is 2.29 bits per heavy atom. The van der Waals surface area contributed by atoms with Gasteiger partial charge in [0.25, 0.3) is 0 Å². The van der Waals surface area contributed by atoms with E-state index >= 15 is 0 Å². The third kappa shape index (κ3) is 3.59. The highest BCUT2D eigenvalue weighted by molar-refractivity contribution is 9.13. The van der Waals surface area contributed by atoms with Gasteiger partial charge in [-0.1, -0.05) is 31.9 Å². The zero-order valence-corrected chi connectivity index (χ0v) is 12.0. The van der Waals surface area contributed by atoms with Gasteiger partial charge >= 0.3 is 0 Å². The highest BCUT2D eigenvalue weighted by atomic mass is 79.9. The molecule has 1 aromatic rings. The summed E-state index contributed by atoms with van der Waals surface area (Å²) in [6, 6.07) is 5.40. The Labute approximate surface area is 110 Å². The summed E-state index contributed by atoms with van der Waals surface area (Å²) in [6.45, 7) is 0. The van der Waals surface area contributed by atoms with Crippen LogP contribution in [0.2, 0.25) is 0 Å². The summed E-state index contributed by atoms with van der Waals surface area (Å²) in [4.78, 5) is 0. The molecular weight excluding hydrogens is 378 g/mol. The predicted molar refractivity (Wildman–Crippen MR) is 62.5 cm³/mol. The SMILES string of the molecule is Nc1cccc(N)[n+]1C=C(Br)CBr.[Br-]. The van der Waals surface area contributed by atoms with E-state index in [2.05, 4.69) is 31.9 Å². The van der Waals surface area contributed by atoms with E-state index in [9.17, 15) is 0 Å². The molecule has 0 unspecified atom stereocenters. The number of halogens is 3. The molecule has 0 fully saturated rings. The van der Waals surface area contributed by atoms with Gasteiger partial charge in [0.1, 0.15) is 0 Å². The van der Waals surface area contributed by atoms with Gasteiger partial charge in [-0.15, -0.1) is 0 Å². The number of pyridine rings is 1. The molecule has 0 aliphatic heterocycles. The second-order valence-electron chi connectivity index (χ2n) is 2.46. The molecule has 0 saturated carbocycles. The van der Waals surface area contributed by atoms with Crippen molar-refractivity contribution in [3.63, 3.8) is 0 Å². The van der Waals surface area contributed by atoms with E-state index < -0.39 is 0 Å². The minimum atomic E-state index is 0. The molecule has 0 saturated heterocycles. The molecule has 0 bridgehead atoms. The van der Waals surface area contributed by atoms with Gasteiger partial charge in [0.15, 0.2) is 0 Å². The number of nitrogens with two attached hydrogens (primary N) is 2. The van der Waals surface area contributed by atoms with Crippen molar-refractivity contribution in [2.45, 2.75) is 0 Å². The zero-order valence-electron chi connectivity index (χ0n) is 7.25. The molecule has 6 heteroatoms. The molecule has 0 amide bonds. The van der Waals surface area contributed by atoms with Crippen molar-refractivity contribution < 1.29 is 21.5 Å². The summed E-state index contributed by atoms with van der Waals surface area (Å²) in [5.41, 5.74) is 11.5. The molecule has 78 valence electrons. The first-order chi connectivity index (χ1) is 6.15. The number of rotatable bonds is 2. The zero-order chi connectivity index (χ0) is 9.84. The van der Waals surface area contributed by atoms with E-state index in [1.165, 1.54) is 0 Å². The van der Waals surface area contributed by atoms with Crippen LogP contribution >= 0.6 is 31.9 Å². The Kier molecular flexibility index (Phi) is 6.39. The van der Waals surface area contributed by atoms with E-state index in [1.54, 1.807) is 16.7 Å². The standard InChI is InChI=1S/C8H9Br2N3.BrH/c9-4-6(10)5-13-7(11)2-1-3-8(13)12;/h1-3,5H,4H2,(H3,11,12);1H. The van der Waals surface area contributed by atoms with Gasteiger partial charge in [0.05, 0.1) is 6.20 Å². The topological polar surface area (TPSA) is 55.9 Å². The second-order valence-corrected chi connectivity index (χ2v) is 4.03. The van der Waals surface area contributed by atoms with E-state index in [4.69, 9.17) is 11.5 Å². The average Bonchev–Trinajstić information content (AvgIpc) is 2.11. The first-order valence-electron chi connectivity index (χ1n) is 3.63. The van der Waals surface area contributed by atoms with Crippen molar-refractivity contribution in [3.05, 3.63) is 22.7 Å². The molecule has 0 aliphatic carbocycles. The summed E-state index contributed by atoms with van der Waals surface area (Å²) in [5, 5.41) is 0.730. The number of nitrogen functional groups attached to an aromatic ring is 2. The molecule has 0 radical (unpaired) electrons. The monoisotopic (exact) mass is 385 g/mol. The summed E-state index contributed by atoms with van der Waals surface area (Å²) in [6.07, 6.45) is 1.83. The lowest BCUT2D eigenvalue weighted by atomic mass is 10.4. The van der Waals surface area contributed by atoms with Gasteiger partial charge < -0.3 is 28.4 Å². The highest BCUT2D eigenvalue weighted by Gasteiger charge is 2.03. The first kappa shape index (κ1) is 13.9. The maximum Gasteiger partial charge on any atom is 0.223 e. The fraction of sp³-hybridized carbons (Fsp3) is 0.125. The third-order valence-corrected chi connectivity index (χ3v) is 3.33. The highest BCUT2D eigenvalue weighted by Crippen LogP contribution is 2.09. The summed E-state index contributed by atoms with van der Waals surface area (Å²) in [5.74, 6) is 1.22. The Balaban J connectivity index is 0.00000169. The van der Waals surface area contributed by atoms with Crippen molar-refractivity contribution in [1.29, 1.82) is 0 Å². The number of nitrogens with zero attached hydrogens (tertiary/aromatic N) is 1. The van der Waals surface area contributed by atoms with Gasteiger partial charge in [0, 0.05) is 21.9 Å². The summed E-state index contributed by atoms with van der Waals surface area (Å²) < 4.78 is 2.69. The predicted octanol–water partition coefficient (Wildman–Crippen LogP) is -1.27. The summed E-state index contributed by atoms with van der Waals surface area (Å²) >= 11 is 6.68. The normalized spacial score (nSPS) is 10.9. The van der Waals surface area contributed by atoms with Crippen molar-refractivity contribution in [2.24, 2.45) is 0 Å². The van der Waals surface area contributed by atoms with Crippen molar-refractivity contribution in [1.82, 2.24) is 0 Å².